The number of methoxy groups -OCH3 is 1. The van der Waals surface area contributed by atoms with Gasteiger partial charge in [-0.25, -0.2) is 15.0 Å². The van der Waals surface area contributed by atoms with Gasteiger partial charge in [-0.3, -0.25) is 0 Å². The van der Waals surface area contributed by atoms with Crippen LogP contribution in [0.3, 0.4) is 0 Å². The van der Waals surface area contributed by atoms with Crippen molar-refractivity contribution in [3.8, 4) is 5.88 Å². The molecule has 2 atom stereocenters. The lowest BCUT2D eigenvalue weighted by molar-refractivity contribution is 0.397. The maximum Gasteiger partial charge on any atom is 0.228 e. The summed E-state index contributed by atoms with van der Waals surface area (Å²) >= 11 is 0. The van der Waals surface area contributed by atoms with E-state index in [1.54, 1.807) is 25.7 Å². The van der Waals surface area contributed by atoms with E-state index in [4.69, 9.17) is 4.74 Å². The van der Waals surface area contributed by atoms with E-state index in [1.807, 2.05) is 0 Å². The summed E-state index contributed by atoms with van der Waals surface area (Å²) in [6.07, 6.45) is 6.05. The number of rotatable bonds is 4. The van der Waals surface area contributed by atoms with E-state index in [0.29, 0.717) is 23.6 Å². The molecule has 2 aromatic rings. The van der Waals surface area contributed by atoms with E-state index in [1.165, 1.54) is 18.5 Å². The van der Waals surface area contributed by atoms with Gasteiger partial charge in [-0.1, -0.05) is 0 Å². The van der Waals surface area contributed by atoms with Crippen molar-refractivity contribution in [1.82, 2.24) is 19.9 Å². The molecular weight excluding hydrogens is 316 g/mol. The molecule has 3 fully saturated rings. The minimum absolute atomic E-state index is 0.622. The van der Waals surface area contributed by atoms with Crippen molar-refractivity contribution >= 4 is 11.8 Å². The van der Waals surface area contributed by atoms with Crippen molar-refractivity contribution in [3.05, 3.63) is 30.4 Å². The van der Waals surface area contributed by atoms with Crippen LogP contribution in [0, 0.1) is 11.8 Å². The lowest BCUT2D eigenvalue weighted by Gasteiger charge is -2.22. The van der Waals surface area contributed by atoms with Gasteiger partial charge in [0, 0.05) is 68.0 Å². The summed E-state index contributed by atoms with van der Waals surface area (Å²) in [6.45, 7) is 4.09. The van der Waals surface area contributed by atoms with Gasteiger partial charge in [0.1, 0.15) is 12.1 Å². The number of ether oxygens (including phenoxy) is 1. The van der Waals surface area contributed by atoms with Crippen LogP contribution in [-0.2, 0) is 0 Å². The van der Waals surface area contributed by atoms with Gasteiger partial charge in [-0.15, -0.1) is 0 Å². The number of hydrogen-bond donors (Lipinski definition) is 0. The quantitative estimate of drug-likeness (QED) is 0.841. The van der Waals surface area contributed by atoms with Crippen LogP contribution in [0.25, 0.3) is 0 Å². The second kappa shape index (κ2) is 5.82. The highest BCUT2D eigenvalue weighted by Gasteiger charge is 2.41. The van der Waals surface area contributed by atoms with Gasteiger partial charge < -0.3 is 14.5 Å². The molecule has 130 valence electrons. The molecule has 7 nitrogen and oxygen atoms in total. The average Bonchev–Trinajstić information content (AvgIpc) is 3.32. The van der Waals surface area contributed by atoms with Gasteiger partial charge in [0.2, 0.25) is 11.8 Å². The summed E-state index contributed by atoms with van der Waals surface area (Å²) in [5.41, 5.74) is 1.22. The van der Waals surface area contributed by atoms with Crippen LogP contribution in [0.2, 0.25) is 0 Å². The topological polar surface area (TPSA) is 67.3 Å². The van der Waals surface area contributed by atoms with E-state index in [9.17, 15) is 0 Å². The maximum atomic E-state index is 5.22. The largest absolute Gasteiger partial charge is 0.481 e. The van der Waals surface area contributed by atoms with Crippen LogP contribution in [0.5, 0.6) is 5.88 Å². The van der Waals surface area contributed by atoms with Gasteiger partial charge in [-0.2, -0.15) is 4.98 Å². The van der Waals surface area contributed by atoms with Gasteiger partial charge in [0.15, 0.2) is 0 Å². The fraction of sp³-hybridized carbons (Fsp3) is 0.556. The zero-order valence-electron chi connectivity index (χ0n) is 14.4. The molecule has 1 saturated carbocycles. The Morgan fingerprint density at radius 2 is 1.76 bits per heavy atom. The molecule has 2 aliphatic heterocycles. The Morgan fingerprint density at radius 1 is 1.00 bits per heavy atom. The Bertz CT molecular complexity index is 766. The monoisotopic (exact) mass is 338 g/mol. The minimum Gasteiger partial charge on any atom is -0.481 e. The molecular formula is C18H22N6O. The van der Waals surface area contributed by atoms with Gasteiger partial charge >= 0.3 is 0 Å². The summed E-state index contributed by atoms with van der Waals surface area (Å²) in [6, 6.07) is 3.98. The molecule has 2 saturated heterocycles. The molecule has 0 aromatic carbocycles. The first-order valence-corrected chi connectivity index (χ1v) is 8.99. The normalized spacial score (nSPS) is 25.3. The lowest BCUT2D eigenvalue weighted by atomic mass is 10.0. The first kappa shape index (κ1) is 14.9. The minimum atomic E-state index is 0.622. The van der Waals surface area contributed by atoms with Crippen LogP contribution < -0.4 is 14.5 Å². The van der Waals surface area contributed by atoms with E-state index < -0.39 is 0 Å². The second-order valence-electron chi connectivity index (χ2n) is 7.30. The predicted octanol–water partition coefficient (Wildman–Crippen LogP) is 1.73. The van der Waals surface area contributed by atoms with E-state index in [0.717, 1.165) is 37.9 Å². The Hall–Kier alpha value is -2.44. The fourth-order valence-corrected chi connectivity index (χ4v) is 4.08. The Kier molecular flexibility index (Phi) is 3.46. The molecule has 1 aliphatic carbocycles. The lowest BCUT2D eigenvalue weighted by Crippen LogP contribution is -2.30. The number of hydrogen-bond acceptors (Lipinski definition) is 7. The third-order valence-corrected chi connectivity index (χ3v) is 5.59. The molecule has 7 heteroatoms. The number of fused-ring (bicyclic) bond motifs is 1. The Balaban J connectivity index is 1.28. The number of aromatic nitrogens is 4. The molecule has 5 rings (SSSR count). The van der Waals surface area contributed by atoms with Gasteiger partial charge in [0.25, 0.3) is 0 Å². The zero-order valence-corrected chi connectivity index (χ0v) is 14.4. The molecule has 0 spiro atoms. The first-order valence-electron chi connectivity index (χ1n) is 8.99. The van der Waals surface area contributed by atoms with Crippen LogP contribution >= 0.6 is 0 Å². The molecule has 2 unspecified atom stereocenters. The van der Waals surface area contributed by atoms with E-state index in [-0.39, 0.29) is 0 Å². The standard InChI is InChI=1S/C18H22N6O/c1-25-17-4-5-19-18(22-17)24-9-13-7-23(8-14(13)10-24)16-6-15(12-2-3-12)20-11-21-16/h4-6,11-14H,2-3,7-10H2,1H3. The average molecular weight is 338 g/mol. The Morgan fingerprint density at radius 3 is 2.48 bits per heavy atom. The predicted molar refractivity (Wildman–Crippen MR) is 94.0 cm³/mol. The summed E-state index contributed by atoms with van der Waals surface area (Å²) in [5, 5.41) is 0. The van der Waals surface area contributed by atoms with Crippen LogP contribution in [0.4, 0.5) is 11.8 Å². The van der Waals surface area contributed by atoms with Crippen LogP contribution in [-0.4, -0.2) is 53.2 Å². The zero-order chi connectivity index (χ0) is 16.8. The molecule has 2 aromatic heterocycles. The SMILES string of the molecule is COc1ccnc(N2CC3CN(c4cc(C5CC5)ncn4)CC3C2)n1. The number of anilines is 2. The second-order valence-corrected chi connectivity index (χ2v) is 7.30. The smallest absolute Gasteiger partial charge is 0.228 e. The van der Waals surface area contributed by atoms with Crippen LogP contribution in [0.15, 0.2) is 24.7 Å². The highest BCUT2D eigenvalue weighted by molar-refractivity contribution is 5.44. The summed E-state index contributed by atoms with van der Waals surface area (Å²) in [4.78, 5) is 22.5. The van der Waals surface area contributed by atoms with Crippen molar-refractivity contribution in [3.63, 3.8) is 0 Å². The summed E-state index contributed by atoms with van der Waals surface area (Å²) in [7, 11) is 1.64. The van der Waals surface area contributed by atoms with Crippen molar-refractivity contribution < 1.29 is 4.74 Å². The molecule has 0 N–H and O–H groups in total. The third kappa shape index (κ3) is 2.77. The van der Waals surface area contributed by atoms with Crippen molar-refractivity contribution in [2.24, 2.45) is 11.8 Å². The highest BCUT2D eigenvalue weighted by Crippen LogP contribution is 2.40. The van der Waals surface area contributed by atoms with Gasteiger partial charge in [-0.05, 0) is 12.8 Å². The fourth-order valence-electron chi connectivity index (χ4n) is 4.08. The van der Waals surface area contributed by atoms with Crippen molar-refractivity contribution in [2.45, 2.75) is 18.8 Å². The summed E-state index contributed by atoms with van der Waals surface area (Å²) < 4.78 is 5.22. The van der Waals surface area contributed by atoms with Crippen molar-refractivity contribution in [1.29, 1.82) is 0 Å². The molecule has 0 bridgehead atoms. The van der Waals surface area contributed by atoms with Crippen LogP contribution in [0.1, 0.15) is 24.5 Å². The van der Waals surface area contributed by atoms with Gasteiger partial charge in [0.05, 0.1) is 7.11 Å². The summed E-state index contributed by atoms with van der Waals surface area (Å²) in [5.74, 6) is 4.43. The molecule has 0 radical (unpaired) electrons. The maximum absolute atomic E-state index is 5.22. The molecule has 4 heterocycles. The van der Waals surface area contributed by atoms with E-state index in [2.05, 4.69) is 35.8 Å². The molecule has 25 heavy (non-hydrogen) atoms. The number of nitrogens with zero attached hydrogens (tertiary/aromatic N) is 6. The van der Waals surface area contributed by atoms with E-state index >= 15 is 0 Å². The van der Waals surface area contributed by atoms with Crippen molar-refractivity contribution in [2.75, 3.05) is 43.1 Å². The Labute approximate surface area is 147 Å². The highest BCUT2D eigenvalue weighted by atomic mass is 16.5. The molecule has 0 amide bonds. The third-order valence-electron chi connectivity index (χ3n) is 5.59. The first-order chi connectivity index (χ1) is 12.3. The molecule has 3 aliphatic rings.